The normalized spacial score (nSPS) is 15.2. The van der Waals surface area contributed by atoms with E-state index in [4.69, 9.17) is 9.97 Å². The molecule has 4 aromatic rings. The molecule has 2 aromatic carbocycles. The highest BCUT2D eigenvalue weighted by Crippen LogP contribution is 2.24. The number of piperidine rings is 1. The summed E-state index contributed by atoms with van der Waals surface area (Å²) < 4.78 is 2.00. The van der Waals surface area contributed by atoms with E-state index in [1.807, 2.05) is 22.9 Å². The first kappa shape index (κ1) is 20.8. The summed E-state index contributed by atoms with van der Waals surface area (Å²) in [6.45, 7) is 10.2. The van der Waals surface area contributed by atoms with E-state index >= 15 is 0 Å². The summed E-state index contributed by atoms with van der Waals surface area (Å²) in [5.41, 5.74) is 6.76. The maximum atomic E-state index is 4.89. The van der Waals surface area contributed by atoms with Crippen LogP contribution in [0.5, 0.6) is 0 Å². The highest BCUT2D eigenvalue weighted by Gasteiger charge is 2.21. The predicted molar refractivity (Wildman–Crippen MR) is 129 cm³/mol. The van der Waals surface area contributed by atoms with Crippen LogP contribution in [0, 0.1) is 20.8 Å². The molecule has 7 nitrogen and oxygen atoms in total. The highest BCUT2D eigenvalue weighted by molar-refractivity contribution is 5.83. The van der Waals surface area contributed by atoms with Crippen molar-refractivity contribution in [2.24, 2.45) is 0 Å². The standard InChI is InChI=1S/C25H31N7/c1-17-15-21-19(3)27-25(28-23(21)16-18(17)2)31-13-9-20(10-14-31)26-11-6-12-32-24-8-5-4-7-22(24)29-30-32/h4-5,7-8,15-16,20,26H,6,9-14H2,1-3H3. The van der Waals surface area contributed by atoms with Gasteiger partial charge in [-0.25, -0.2) is 14.6 Å². The molecule has 0 spiro atoms. The summed E-state index contributed by atoms with van der Waals surface area (Å²) in [5.74, 6) is 0.870. The molecule has 2 aromatic heterocycles. The summed E-state index contributed by atoms with van der Waals surface area (Å²) in [6, 6.07) is 13.1. The third-order valence-corrected chi connectivity index (χ3v) is 6.67. The lowest BCUT2D eigenvalue weighted by molar-refractivity contribution is 0.402. The fraction of sp³-hybridized carbons (Fsp3) is 0.440. The Labute approximate surface area is 188 Å². The van der Waals surface area contributed by atoms with E-state index in [1.165, 1.54) is 11.1 Å². The molecule has 7 heteroatoms. The molecule has 1 saturated heterocycles. The van der Waals surface area contributed by atoms with Gasteiger partial charge in [0.15, 0.2) is 0 Å². The van der Waals surface area contributed by atoms with E-state index in [0.717, 1.165) is 79.0 Å². The molecule has 166 valence electrons. The number of aryl methyl sites for hydroxylation is 4. The number of para-hydroxylation sites is 1. The van der Waals surface area contributed by atoms with Gasteiger partial charge in [-0.2, -0.15) is 0 Å². The van der Waals surface area contributed by atoms with Crippen LogP contribution >= 0.6 is 0 Å². The SMILES string of the molecule is Cc1cc2nc(N3CCC(NCCCn4nnc5ccccc54)CC3)nc(C)c2cc1C. The lowest BCUT2D eigenvalue weighted by Gasteiger charge is -2.32. The van der Waals surface area contributed by atoms with Gasteiger partial charge in [0.2, 0.25) is 5.95 Å². The molecule has 1 fully saturated rings. The van der Waals surface area contributed by atoms with Crippen LogP contribution in [0.15, 0.2) is 36.4 Å². The molecule has 0 bridgehead atoms. The number of anilines is 1. The average molecular weight is 430 g/mol. The molecule has 1 aliphatic rings. The second-order valence-corrected chi connectivity index (χ2v) is 8.93. The van der Waals surface area contributed by atoms with Crippen molar-refractivity contribution < 1.29 is 0 Å². The van der Waals surface area contributed by atoms with E-state index < -0.39 is 0 Å². The molecule has 0 atom stereocenters. The zero-order valence-electron chi connectivity index (χ0n) is 19.2. The number of nitrogens with zero attached hydrogens (tertiary/aromatic N) is 6. The van der Waals surface area contributed by atoms with E-state index in [9.17, 15) is 0 Å². The monoisotopic (exact) mass is 429 g/mol. The van der Waals surface area contributed by atoms with Crippen molar-refractivity contribution >= 4 is 27.9 Å². The van der Waals surface area contributed by atoms with Crippen molar-refractivity contribution in [2.45, 2.75) is 52.6 Å². The topological polar surface area (TPSA) is 71.8 Å². The van der Waals surface area contributed by atoms with Crippen LogP contribution in [0.1, 0.15) is 36.1 Å². The van der Waals surface area contributed by atoms with Gasteiger partial charge in [-0.1, -0.05) is 17.3 Å². The smallest absolute Gasteiger partial charge is 0.226 e. The Morgan fingerprint density at radius 1 is 0.969 bits per heavy atom. The maximum absolute atomic E-state index is 4.89. The Morgan fingerprint density at radius 2 is 1.75 bits per heavy atom. The fourth-order valence-corrected chi connectivity index (χ4v) is 4.57. The van der Waals surface area contributed by atoms with Crippen LogP contribution in [0.4, 0.5) is 5.95 Å². The minimum absolute atomic E-state index is 0.546. The minimum atomic E-state index is 0.546. The molecule has 3 heterocycles. The van der Waals surface area contributed by atoms with Crippen molar-refractivity contribution in [3.05, 3.63) is 53.2 Å². The first-order valence-corrected chi connectivity index (χ1v) is 11.6. The Kier molecular flexibility index (Phi) is 5.74. The van der Waals surface area contributed by atoms with Gasteiger partial charge < -0.3 is 10.2 Å². The number of aromatic nitrogens is 5. The number of rotatable bonds is 6. The second kappa shape index (κ2) is 8.82. The van der Waals surface area contributed by atoms with Crippen LogP contribution in [0.25, 0.3) is 21.9 Å². The predicted octanol–water partition coefficient (Wildman–Crippen LogP) is 3.95. The first-order chi connectivity index (χ1) is 15.6. The lowest BCUT2D eigenvalue weighted by atomic mass is 10.0. The summed E-state index contributed by atoms with van der Waals surface area (Å²) in [7, 11) is 0. The second-order valence-electron chi connectivity index (χ2n) is 8.93. The van der Waals surface area contributed by atoms with Crippen LogP contribution in [-0.4, -0.2) is 50.6 Å². The molecule has 1 aliphatic heterocycles. The molecule has 5 rings (SSSR count). The maximum Gasteiger partial charge on any atom is 0.226 e. The molecule has 0 amide bonds. The Balaban J connectivity index is 1.14. The molecule has 32 heavy (non-hydrogen) atoms. The molecular formula is C25H31N7. The van der Waals surface area contributed by atoms with Crippen LogP contribution in [0.3, 0.4) is 0 Å². The van der Waals surface area contributed by atoms with Gasteiger partial charge in [0.25, 0.3) is 0 Å². The lowest BCUT2D eigenvalue weighted by Crippen LogP contribution is -2.43. The van der Waals surface area contributed by atoms with E-state index in [0.29, 0.717) is 6.04 Å². The van der Waals surface area contributed by atoms with Crippen LogP contribution in [0.2, 0.25) is 0 Å². The summed E-state index contributed by atoms with van der Waals surface area (Å²) >= 11 is 0. The zero-order chi connectivity index (χ0) is 22.1. The highest BCUT2D eigenvalue weighted by atomic mass is 15.4. The van der Waals surface area contributed by atoms with E-state index in [-0.39, 0.29) is 0 Å². The molecule has 0 unspecified atom stereocenters. The van der Waals surface area contributed by atoms with Crippen LogP contribution < -0.4 is 10.2 Å². The zero-order valence-corrected chi connectivity index (χ0v) is 19.2. The first-order valence-electron chi connectivity index (χ1n) is 11.6. The summed E-state index contributed by atoms with van der Waals surface area (Å²) in [4.78, 5) is 12.1. The third kappa shape index (κ3) is 4.17. The van der Waals surface area contributed by atoms with Gasteiger partial charge in [-0.3, -0.25) is 0 Å². The molecule has 0 saturated carbocycles. The number of nitrogens with one attached hydrogen (secondary N) is 1. The molecule has 0 radical (unpaired) electrons. The van der Waals surface area contributed by atoms with Crippen molar-refractivity contribution in [1.29, 1.82) is 0 Å². The summed E-state index contributed by atoms with van der Waals surface area (Å²) in [6.07, 6.45) is 3.26. The minimum Gasteiger partial charge on any atom is -0.341 e. The Morgan fingerprint density at radius 3 is 2.59 bits per heavy atom. The van der Waals surface area contributed by atoms with E-state index in [1.54, 1.807) is 0 Å². The van der Waals surface area contributed by atoms with E-state index in [2.05, 4.69) is 59.5 Å². The van der Waals surface area contributed by atoms with Crippen molar-refractivity contribution in [3.8, 4) is 0 Å². The fourth-order valence-electron chi connectivity index (χ4n) is 4.57. The summed E-state index contributed by atoms with van der Waals surface area (Å²) in [5, 5.41) is 13.4. The number of hydrogen-bond acceptors (Lipinski definition) is 6. The van der Waals surface area contributed by atoms with Gasteiger partial charge >= 0.3 is 0 Å². The average Bonchev–Trinajstić information content (AvgIpc) is 3.21. The number of benzene rings is 2. The van der Waals surface area contributed by atoms with Crippen molar-refractivity contribution in [3.63, 3.8) is 0 Å². The van der Waals surface area contributed by atoms with Gasteiger partial charge in [0, 0.05) is 31.1 Å². The van der Waals surface area contributed by atoms with Gasteiger partial charge in [-0.15, -0.1) is 5.10 Å². The third-order valence-electron chi connectivity index (χ3n) is 6.67. The Bertz CT molecular complexity index is 1240. The van der Waals surface area contributed by atoms with Crippen LogP contribution in [-0.2, 0) is 6.54 Å². The number of fused-ring (bicyclic) bond motifs is 2. The molecule has 1 N–H and O–H groups in total. The number of hydrogen-bond donors (Lipinski definition) is 1. The van der Waals surface area contributed by atoms with Gasteiger partial charge in [0.1, 0.15) is 5.52 Å². The largest absolute Gasteiger partial charge is 0.341 e. The Hall–Kier alpha value is -3.06. The molecule has 0 aliphatic carbocycles. The van der Waals surface area contributed by atoms with Crippen molar-refractivity contribution in [1.82, 2.24) is 30.3 Å². The van der Waals surface area contributed by atoms with Gasteiger partial charge in [-0.05, 0) is 82.0 Å². The quantitative estimate of drug-likeness (QED) is 0.468. The molecular weight excluding hydrogens is 398 g/mol. The van der Waals surface area contributed by atoms with Gasteiger partial charge in [0.05, 0.1) is 16.7 Å². The van der Waals surface area contributed by atoms with Crippen molar-refractivity contribution in [2.75, 3.05) is 24.5 Å².